The third-order valence-electron chi connectivity index (χ3n) is 4.11. The van der Waals surface area contributed by atoms with E-state index in [9.17, 15) is 0 Å². The van der Waals surface area contributed by atoms with Gasteiger partial charge in [0, 0.05) is 31.5 Å². The fourth-order valence-electron chi connectivity index (χ4n) is 2.92. The summed E-state index contributed by atoms with van der Waals surface area (Å²) in [6, 6.07) is 4.51. The normalized spacial score (nSPS) is 18.2. The van der Waals surface area contributed by atoms with E-state index in [4.69, 9.17) is 0 Å². The van der Waals surface area contributed by atoms with Gasteiger partial charge in [-0.2, -0.15) is 10.1 Å². The number of rotatable bonds is 5. The fourth-order valence-corrected chi connectivity index (χ4v) is 2.92. The Morgan fingerprint density at radius 3 is 3.09 bits per heavy atom. The van der Waals surface area contributed by atoms with E-state index < -0.39 is 0 Å². The van der Waals surface area contributed by atoms with Crippen LogP contribution in [0.5, 0.6) is 0 Å². The van der Waals surface area contributed by atoms with Crippen LogP contribution in [0.4, 0.5) is 11.8 Å². The zero-order valence-electron chi connectivity index (χ0n) is 12.9. The van der Waals surface area contributed by atoms with Crippen LogP contribution in [0.3, 0.4) is 0 Å². The molecule has 3 rings (SSSR count). The average molecular weight is 298 g/mol. The Morgan fingerprint density at radius 2 is 2.27 bits per heavy atom. The summed E-state index contributed by atoms with van der Waals surface area (Å²) in [5.41, 5.74) is 1.10. The lowest BCUT2D eigenvalue weighted by Gasteiger charge is -2.35. The average Bonchev–Trinajstić information content (AvgIpc) is 2.61. The van der Waals surface area contributed by atoms with Gasteiger partial charge in [0.2, 0.25) is 5.95 Å². The minimum absolute atomic E-state index is 0.566. The number of pyridine rings is 1. The molecule has 1 fully saturated rings. The minimum Gasteiger partial charge on any atom is -0.352 e. The molecule has 0 aliphatic carbocycles. The van der Waals surface area contributed by atoms with Gasteiger partial charge in [-0.25, -0.2) is 0 Å². The van der Waals surface area contributed by atoms with Crippen LogP contribution < -0.4 is 10.2 Å². The largest absolute Gasteiger partial charge is 0.352 e. The summed E-state index contributed by atoms with van der Waals surface area (Å²) >= 11 is 0. The summed E-state index contributed by atoms with van der Waals surface area (Å²) in [6.07, 6.45) is 10.3. The molecule has 0 amide bonds. The zero-order valence-corrected chi connectivity index (χ0v) is 12.9. The molecule has 116 valence electrons. The van der Waals surface area contributed by atoms with Gasteiger partial charge in [-0.05, 0) is 37.3 Å². The molecule has 1 N–H and O–H groups in total. The number of piperidine rings is 1. The zero-order chi connectivity index (χ0) is 15.2. The van der Waals surface area contributed by atoms with Crippen LogP contribution in [0.15, 0.2) is 30.7 Å². The molecule has 6 heteroatoms. The standard InChI is InChI=1S/C16H22N6/c1-2-14-7-3-4-9-22(14)15-12-19-21-16(20-15)18-11-13-6-5-8-17-10-13/h5-6,8,10,12,14H,2-4,7,9,11H2,1H3,(H,18,20,21). The summed E-state index contributed by atoms with van der Waals surface area (Å²) in [7, 11) is 0. The second kappa shape index (κ2) is 7.15. The van der Waals surface area contributed by atoms with Crippen molar-refractivity contribution in [3.8, 4) is 0 Å². The second-order valence-electron chi connectivity index (χ2n) is 5.60. The summed E-state index contributed by atoms with van der Waals surface area (Å²) in [5.74, 6) is 1.50. The molecule has 0 spiro atoms. The maximum atomic E-state index is 4.63. The van der Waals surface area contributed by atoms with E-state index >= 15 is 0 Å². The minimum atomic E-state index is 0.566. The van der Waals surface area contributed by atoms with Crippen LogP contribution in [-0.4, -0.2) is 32.8 Å². The molecular weight excluding hydrogens is 276 g/mol. The molecule has 3 heterocycles. The van der Waals surface area contributed by atoms with Crippen LogP contribution in [0.2, 0.25) is 0 Å². The highest BCUT2D eigenvalue weighted by Gasteiger charge is 2.22. The molecule has 2 aromatic rings. The van der Waals surface area contributed by atoms with Crippen molar-refractivity contribution < 1.29 is 0 Å². The molecule has 1 aliphatic heterocycles. The Balaban J connectivity index is 1.69. The first-order valence-electron chi connectivity index (χ1n) is 7.96. The number of hydrogen-bond acceptors (Lipinski definition) is 6. The first kappa shape index (κ1) is 14.7. The maximum Gasteiger partial charge on any atom is 0.244 e. The molecule has 0 radical (unpaired) electrons. The Morgan fingerprint density at radius 1 is 1.32 bits per heavy atom. The van der Waals surface area contributed by atoms with Crippen molar-refractivity contribution in [2.24, 2.45) is 0 Å². The third-order valence-corrected chi connectivity index (χ3v) is 4.11. The van der Waals surface area contributed by atoms with E-state index in [2.05, 4.69) is 37.3 Å². The maximum absolute atomic E-state index is 4.63. The highest BCUT2D eigenvalue weighted by Crippen LogP contribution is 2.24. The number of anilines is 2. The van der Waals surface area contributed by atoms with Crippen LogP contribution >= 0.6 is 0 Å². The quantitative estimate of drug-likeness (QED) is 0.915. The van der Waals surface area contributed by atoms with Crippen molar-refractivity contribution in [3.05, 3.63) is 36.3 Å². The summed E-state index contributed by atoms with van der Waals surface area (Å²) < 4.78 is 0. The molecule has 1 unspecified atom stereocenters. The predicted molar refractivity (Wildman–Crippen MR) is 86.7 cm³/mol. The molecule has 1 aliphatic rings. The van der Waals surface area contributed by atoms with Gasteiger partial charge >= 0.3 is 0 Å². The monoisotopic (exact) mass is 298 g/mol. The van der Waals surface area contributed by atoms with Gasteiger partial charge < -0.3 is 10.2 Å². The van der Waals surface area contributed by atoms with Crippen molar-refractivity contribution in [2.75, 3.05) is 16.8 Å². The Labute approximate surface area is 131 Å². The van der Waals surface area contributed by atoms with Gasteiger partial charge in [0.05, 0.1) is 6.20 Å². The van der Waals surface area contributed by atoms with E-state index in [1.54, 1.807) is 12.4 Å². The van der Waals surface area contributed by atoms with Crippen molar-refractivity contribution in [1.82, 2.24) is 20.2 Å². The summed E-state index contributed by atoms with van der Waals surface area (Å²) in [6.45, 7) is 3.94. The van der Waals surface area contributed by atoms with Crippen molar-refractivity contribution in [2.45, 2.75) is 45.2 Å². The molecule has 1 atom stereocenters. The van der Waals surface area contributed by atoms with Crippen molar-refractivity contribution >= 4 is 11.8 Å². The van der Waals surface area contributed by atoms with Gasteiger partial charge in [-0.3, -0.25) is 4.98 Å². The molecule has 0 saturated carbocycles. The van der Waals surface area contributed by atoms with Gasteiger partial charge in [0.25, 0.3) is 0 Å². The summed E-state index contributed by atoms with van der Waals surface area (Å²) in [4.78, 5) is 11.1. The Hall–Kier alpha value is -2.24. The third kappa shape index (κ3) is 3.50. The topological polar surface area (TPSA) is 66.8 Å². The molecule has 1 saturated heterocycles. The number of aromatic nitrogens is 4. The lowest BCUT2D eigenvalue weighted by atomic mass is 10.0. The van der Waals surface area contributed by atoms with E-state index in [0.717, 1.165) is 24.3 Å². The smallest absolute Gasteiger partial charge is 0.244 e. The highest BCUT2D eigenvalue weighted by atomic mass is 15.3. The number of hydrogen-bond donors (Lipinski definition) is 1. The fraction of sp³-hybridized carbons (Fsp3) is 0.500. The van der Waals surface area contributed by atoms with Crippen molar-refractivity contribution in [1.29, 1.82) is 0 Å². The Kier molecular flexibility index (Phi) is 4.78. The molecule has 0 bridgehead atoms. The first-order valence-corrected chi connectivity index (χ1v) is 7.96. The van der Waals surface area contributed by atoms with E-state index in [1.807, 2.05) is 18.3 Å². The SMILES string of the molecule is CCC1CCCCN1c1cnnc(NCc2cccnc2)n1. The van der Waals surface area contributed by atoms with Gasteiger partial charge in [0.1, 0.15) is 0 Å². The lowest BCUT2D eigenvalue weighted by molar-refractivity contribution is 0.446. The van der Waals surface area contributed by atoms with Crippen LogP contribution in [0, 0.1) is 0 Å². The van der Waals surface area contributed by atoms with E-state index in [-0.39, 0.29) is 0 Å². The van der Waals surface area contributed by atoms with Crippen LogP contribution in [-0.2, 0) is 6.54 Å². The van der Waals surface area contributed by atoms with Gasteiger partial charge in [0.15, 0.2) is 5.82 Å². The van der Waals surface area contributed by atoms with Gasteiger partial charge in [-0.1, -0.05) is 13.0 Å². The molecular formula is C16H22N6. The molecule has 6 nitrogen and oxygen atoms in total. The lowest BCUT2D eigenvalue weighted by Crippen LogP contribution is -2.39. The van der Waals surface area contributed by atoms with E-state index in [0.29, 0.717) is 18.5 Å². The first-order chi connectivity index (χ1) is 10.9. The Bertz CT molecular complexity index is 588. The molecule has 2 aromatic heterocycles. The van der Waals surface area contributed by atoms with Crippen LogP contribution in [0.1, 0.15) is 38.2 Å². The van der Waals surface area contributed by atoms with E-state index in [1.165, 1.54) is 19.3 Å². The van der Waals surface area contributed by atoms with Crippen molar-refractivity contribution in [3.63, 3.8) is 0 Å². The highest BCUT2D eigenvalue weighted by molar-refractivity contribution is 5.42. The molecule has 22 heavy (non-hydrogen) atoms. The number of nitrogens with one attached hydrogen (secondary N) is 1. The predicted octanol–water partition coefficient (Wildman–Crippen LogP) is 2.65. The summed E-state index contributed by atoms with van der Waals surface area (Å²) in [5, 5.41) is 11.4. The van der Waals surface area contributed by atoms with Crippen LogP contribution in [0.25, 0.3) is 0 Å². The molecule has 0 aromatic carbocycles. The second-order valence-corrected chi connectivity index (χ2v) is 5.60. The van der Waals surface area contributed by atoms with Gasteiger partial charge in [-0.15, -0.1) is 5.10 Å². The number of nitrogens with zero attached hydrogens (tertiary/aromatic N) is 5.